The van der Waals surface area contributed by atoms with E-state index in [1.807, 2.05) is 36.4 Å². The van der Waals surface area contributed by atoms with Gasteiger partial charge in [0.2, 0.25) is 0 Å². The maximum atomic E-state index is 12.8. The first kappa shape index (κ1) is 16.1. The van der Waals surface area contributed by atoms with Crippen LogP contribution in [0.15, 0.2) is 72.4 Å². The van der Waals surface area contributed by atoms with E-state index in [0.717, 1.165) is 17.3 Å². The zero-order valence-corrected chi connectivity index (χ0v) is 14.4. The van der Waals surface area contributed by atoms with Gasteiger partial charge in [0.15, 0.2) is 16.0 Å². The van der Waals surface area contributed by atoms with E-state index >= 15 is 0 Å². The molecule has 7 nitrogen and oxygen atoms in total. The average molecular weight is 362 g/mol. The van der Waals surface area contributed by atoms with Gasteiger partial charge in [-0.1, -0.05) is 12.1 Å². The van der Waals surface area contributed by atoms with E-state index < -0.39 is 11.0 Å². The van der Waals surface area contributed by atoms with Gasteiger partial charge in [0.05, 0.1) is 11.9 Å². The van der Waals surface area contributed by atoms with Crippen LogP contribution in [0, 0.1) is 5.41 Å². The smallest absolute Gasteiger partial charge is 0.169 e. The summed E-state index contributed by atoms with van der Waals surface area (Å²) in [7, 11) is -1.56. The molecule has 4 aromatic rings. The van der Waals surface area contributed by atoms with Gasteiger partial charge in [-0.2, -0.15) is 0 Å². The van der Waals surface area contributed by atoms with Crippen LogP contribution in [0.3, 0.4) is 0 Å². The molecule has 8 heteroatoms. The van der Waals surface area contributed by atoms with Crippen LogP contribution in [0.1, 0.15) is 5.69 Å². The molecule has 128 valence electrons. The molecule has 2 N–H and O–H groups in total. The molecule has 4 heterocycles. The lowest BCUT2D eigenvalue weighted by atomic mass is 10.1. The Morgan fingerprint density at radius 2 is 2.00 bits per heavy atom. The van der Waals surface area contributed by atoms with Gasteiger partial charge >= 0.3 is 0 Å². The lowest BCUT2D eigenvalue weighted by Crippen LogP contribution is -2.10. The first-order chi connectivity index (χ1) is 12.8. The largest absolute Gasteiger partial charge is 0.306 e. The summed E-state index contributed by atoms with van der Waals surface area (Å²) in [6, 6.07) is 11.1. The average Bonchev–Trinajstić information content (AvgIpc) is 3.13. The fraction of sp³-hybridized carbons (Fsp3) is 0. The van der Waals surface area contributed by atoms with Gasteiger partial charge in [-0.3, -0.25) is 19.1 Å². The van der Waals surface area contributed by atoms with Crippen molar-refractivity contribution in [2.45, 2.75) is 5.03 Å². The molecule has 0 spiro atoms. The molecule has 0 aromatic carbocycles. The van der Waals surface area contributed by atoms with Crippen molar-refractivity contribution in [3.63, 3.8) is 0 Å². The number of hydrogen-bond donors (Lipinski definition) is 2. The SMILES string of the molecule is N=Cc1ncc(-c2cccnc2)cc1NS(=O)c1cnc2ccccn12. The molecule has 0 fully saturated rings. The first-order valence-corrected chi connectivity index (χ1v) is 8.92. The molecule has 0 saturated carbocycles. The molecular formula is C18H14N6OS. The third-order valence-corrected chi connectivity index (χ3v) is 4.91. The molecule has 0 bridgehead atoms. The van der Waals surface area contributed by atoms with Crippen molar-refractivity contribution in [1.29, 1.82) is 5.41 Å². The normalized spacial score (nSPS) is 12.0. The van der Waals surface area contributed by atoms with Crippen molar-refractivity contribution in [2.75, 3.05) is 4.72 Å². The Balaban J connectivity index is 1.70. The Morgan fingerprint density at radius 1 is 1.08 bits per heavy atom. The van der Waals surface area contributed by atoms with Crippen LogP contribution in [0.5, 0.6) is 0 Å². The molecule has 0 saturated heterocycles. The monoisotopic (exact) mass is 362 g/mol. The minimum atomic E-state index is -1.56. The van der Waals surface area contributed by atoms with Gasteiger partial charge in [-0.25, -0.2) is 9.19 Å². The number of nitrogens with zero attached hydrogens (tertiary/aromatic N) is 4. The summed E-state index contributed by atoms with van der Waals surface area (Å²) < 4.78 is 17.5. The molecule has 0 amide bonds. The van der Waals surface area contributed by atoms with Crippen LogP contribution >= 0.6 is 0 Å². The summed E-state index contributed by atoms with van der Waals surface area (Å²) in [5.74, 6) is 0. The molecule has 1 atom stereocenters. The van der Waals surface area contributed by atoms with Gasteiger partial charge < -0.3 is 5.41 Å². The van der Waals surface area contributed by atoms with E-state index in [4.69, 9.17) is 5.41 Å². The van der Waals surface area contributed by atoms with Crippen LogP contribution in [-0.2, 0) is 11.0 Å². The van der Waals surface area contributed by atoms with Gasteiger partial charge in [-0.15, -0.1) is 0 Å². The number of anilines is 1. The van der Waals surface area contributed by atoms with Crippen LogP contribution in [0.25, 0.3) is 16.8 Å². The van der Waals surface area contributed by atoms with Crippen molar-refractivity contribution in [1.82, 2.24) is 19.4 Å². The fourth-order valence-corrected chi connectivity index (χ4v) is 3.51. The highest BCUT2D eigenvalue weighted by molar-refractivity contribution is 7.86. The highest BCUT2D eigenvalue weighted by Crippen LogP contribution is 2.24. The van der Waals surface area contributed by atoms with Crippen molar-refractivity contribution < 1.29 is 4.21 Å². The number of pyridine rings is 3. The Hall–Kier alpha value is -3.39. The number of aromatic nitrogens is 4. The van der Waals surface area contributed by atoms with Crippen molar-refractivity contribution in [2.24, 2.45) is 0 Å². The van der Waals surface area contributed by atoms with E-state index in [9.17, 15) is 4.21 Å². The van der Waals surface area contributed by atoms with Crippen molar-refractivity contribution in [3.05, 3.63) is 73.1 Å². The minimum absolute atomic E-state index is 0.403. The van der Waals surface area contributed by atoms with Gasteiger partial charge in [0.25, 0.3) is 0 Å². The summed E-state index contributed by atoms with van der Waals surface area (Å²) in [5, 5.41) is 8.07. The van der Waals surface area contributed by atoms with Crippen LogP contribution in [-0.4, -0.2) is 29.8 Å². The van der Waals surface area contributed by atoms with Crippen molar-refractivity contribution >= 4 is 28.5 Å². The Morgan fingerprint density at radius 3 is 2.81 bits per heavy atom. The highest BCUT2D eigenvalue weighted by Gasteiger charge is 2.13. The molecule has 4 aromatic heterocycles. The van der Waals surface area contributed by atoms with E-state index in [0.29, 0.717) is 22.1 Å². The standard InChI is InChI=1S/C18H14N6OS/c19-9-16-15(8-14(11-21-16)13-4-3-6-20-10-13)23-26(25)18-12-22-17-5-1-2-7-24(17)18/h1-12,19,23H. The molecule has 1 unspecified atom stereocenters. The Bertz CT molecular complexity index is 1110. The highest BCUT2D eigenvalue weighted by atomic mass is 32.2. The second-order valence-electron chi connectivity index (χ2n) is 5.44. The third-order valence-electron chi connectivity index (χ3n) is 3.83. The zero-order valence-electron chi connectivity index (χ0n) is 13.5. The summed E-state index contributed by atoms with van der Waals surface area (Å²) in [4.78, 5) is 12.6. The quantitative estimate of drug-likeness (QED) is 0.534. The molecule has 4 rings (SSSR count). The molecule has 0 aliphatic rings. The summed E-state index contributed by atoms with van der Waals surface area (Å²) >= 11 is 0. The van der Waals surface area contributed by atoms with Crippen LogP contribution in [0.4, 0.5) is 5.69 Å². The zero-order chi connectivity index (χ0) is 17.9. The van der Waals surface area contributed by atoms with Crippen LogP contribution in [0.2, 0.25) is 0 Å². The van der Waals surface area contributed by atoms with Crippen LogP contribution < -0.4 is 4.72 Å². The lowest BCUT2D eigenvalue weighted by Gasteiger charge is -2.10. The maximum Gasteiger partial charge on any atom is 0.169 e. The number of imidazole rings is 1. The van der Waals surface area contributed by atoms with E-state index in [2.05, 4.69) is 19.7 Å². The summed E-state index contributed by atoms with van der Waals surface area (Å²) in [5.41, 5.74) is 3.33. The van der Waals surface area contributed by atoms with Gasteiger partial charge in [0.1, 0.15) is 11.3 Å². The number of fused-ring (bicyclic) bond motifs is 1. The Kier molecular flexibility index (Phi) is 4.24. The summed E-state index contributed by atoms with van der Waals surface area (Å²) in [6.07, 6.45) is 9.59. The lowest BCUT2D eigenvalue weighted by molar-refractivity contribution is 0.682. The topological polar surface area (TPSA) is 96.0 Å². The predicted molar refractivity (Wildman–Crippen MR) is 101 cm³/mol. The summed E-state index contributed by atoms with van der Waals surface area (Å²) in [6.45, 7) is 0. The van der Waals surface area contributed by atoms with Crippen molar-refractivity contribution in [3.8, 4) is 11.1 Å². The maximum absolute atomic E-state index is 12.8. The molecule has 0 aliphatic carbocycles. The first-order valence-electron chi connectivity index (χ1n) is 7.78. The molecular weight excluding hydrogens is 348 g/mol. The number of rotatable bonds is 5. The second-order valence-corrected chi connectivity index (χ2v) is 6.60. The predicted octanol–water partition coefficient (Wildman–Crippen LogP) is 2.92. The molecule has 26 heavy (non-hydrogen) atoms. The third kappa shape index (κ3) is 2.98. The van der Waals surface area contributed by atoms with Gasteiger partial charge in [-0.05, 0) is 24.3 Å². The minimum Gasteiger partial charge on any atom is -0.306 e. The van der Waals surface area contributed by atoms with E-state index in [1.54, 1.807) is 35.4 Å². The molecule has 0 radical (unpaired) electrons. The number of hydrogen-bond acceptors (Lipinski definition) is 5. The number of nitrogens with one attached hydrogen (secondary N) is 2. The van der Waals surface area contributed by atoms with E-state index in [1.165, 1.54) is 0 Å². The van der Waals surface area contributed by atoms with Gasteiger partial charge in [0, 0.05) is 42.1 Å². The van der Waals surface area contributed by atoms with E-state index in [-0.39, 0.29) is 0 Å². The second kappa shape index (κ2) is 6.85. The fourth-order valence-electron chi connectivity index (χ4n) is 2.56. The Labute approximate surface area is 151 Å². The molecule has 0 aliphatic heterocycles.